The summed E-state index contributed by atoms with van der Waals surface area (Å²) in [6, 6.07) is 2.40. The number of pyridine rings is 1. The lowest BCUT2D eigenvalue weighted by Gasteiger charge is -2.23. The Morgan fingerprint density at radius 1 is 1.44 bits per heavy atom. The lowest BCUT2D eigenvalue weighted by Crippen LogP contribution is -2.14. The Balaban J connectivity index is 1.92. The fourth-order valence-corrected chi connectivity index (χ4v) is 4.53. The van der Waals surface area contributed by atoms with Crippen LogP contribution in [0.2, 0.25) is 0 Å². The Morgan fingerprint density at radius 2 is 2.28 bits per heavy atom. The second kappa shape index (κ2) is 8.05. The van der Waals surface area contributed by atoms with Gasteiger partial charge in [-0.3, -0.25) is 4.79 Å². The molecule has 2 aliphatic rings. The van der Waals surface area contributed by atoms with Crippen molar-refractivity contribution in [1.82, 2.24) is 4.98 Å². The van der Waals surface area contributed by atoms with Gasteiger partial charge in [0, 0.05) is 5.69 Å². The number of fused-ring (bicyclic) bond motifs is 1. The van der Waals surface area contributed by atoms with E-state index in [1.807, 2.05) is 13.8 Å². The first-order valence-corrected chi connectivity index (χ1v) is 10.0. The first-order valence-electron chi connectivity index (χ1n) is 9.03. The topological polar surface area (TPSA) is 63.0 Å². The molecule has 0 amide bonds. The normalized spacial score (nSPS) is 18.9. The third-order valence-corrected chi connectivity index (χ3v) is 5.67. The monoisotopic (exact) mass is 356 g/mol. The number of nitriles is 1. The highest BCUT2D eigenvalue weighted by Crippen LogP contribution is 2.40. The van der Waals surface area contributed by atoms with Crippen molar-refractivity contribution in [3.63, 3.8) is 0 Å². The fourth-order valence-electron chi connectivity index (χ4n) is 3.73. The molecule has 1 aromatic rings. The molecule has 0 fully saturated rings. The molecule has 0 aromatic carbocycles. The molecule has 0 N–H and O–H groups in total. The maximum Gasteiger partial charge on any atom is 0.316 e. The van der Waals surface area contributed by atoms with Crippen molar-refractivity contribution in [1.29, 1.82) is 5.26 Å². The van der Waals surface area contributed by atoms with E-state index in [2.05, 4.69) is 18.2 Å². The van der Waals surface area contributed by atoms with E-state index >= 15 is 0 Å². The number of aromatic nitrogens is 1. The molecule has 1 aromatic heterocycles. The van der Waals surface area contributed by atoms with Crippen LogP contribution in [0.4, 0.5) is 0 Å². The summed E-state index contributed by atoms with van der Waals surface area (Å²) in [4.78, 5) is 16.6. The Kier molecular flexibility index (Phi) is 5.80. The summed E-state index contributed by atoms with van der Waals surface area (Å²) in [7, 11) is 0. The van der Waals surface area contributed by atoms with Crippen molar-refractivity contribution in [2.45, 2.75) is 69.4 Å². The predicted molar refractivity (Wildman–Crippen MR) is 98.7 cm³/mol. The highest BCUT2D eigenvalue weighted by molar-refractivity contribution is 7.99. The minimum Gasteiger partial charge on any atom is -0.462 e. The van der Waals surface area contributed by atoms with E-state index in [9.17, 15) is 10.1 Å². The van der Waals surface area contributed by atoms with Crippen molar-refractivity contribution in [3.05, 3.63) is 34.5 Å². The molecule has 3 rings (SSSR count). The summed E-state index contributed by atoms with van der Waals surface area (Å²) in [5, 5.41) is 10.5. The predicted octanol–water partition coefficient (Wildman–Crippen LogP) is 4.31. The van der Waals surface area contributed by atoms with E-state index in [0.29, 0.717) is 16.5 Å². The number of hydrogen-bond donors (Lipinski definition) is 0. The van der Waals surface area contributed by atoms with E-state index in [1.165, 1.54) is 22.9 Å². The summed E-state index contributed by atoms with van der Waals surface area (Å²) < 4.78 is 5.21. The molecule has 0 radical (unpaired) electrons. The fraction of sp³-hybridized carbons (Fsp3) is 0.550. The number of aryl methyl sites for hydroxylation is 1. The van der Waals surface area contributed by atoms with E-state index in [0.717, 1.165) is 44.2 Å². The maximum absolute atomic E-state index is 11.9. The Labute approximate surface area is 153 Å². The zero-order valence-electron chi connectivity index (χ0n) is 14.9. The summed E-state index contributed by atoms with van der Waals surface area (Å²) in [6.45, 7) is 3.68. The molecule has 0 spiro atoms. The van der Waals surface area contributed by atoms with Gasteiger partial charge in [-0.1, -0.05) is 23.9 Å². The van der Waals surface area contributed by atoms with E-state index in [-0.39, 0.29) is 17.8 Å². The van der Waals surface area contributed by atoms with Crippen LogP contribution in [0.15, 0.2) is 17.2 Å². The van der Waals surface area contributed by atoms with Crippen molar-refractivity contribution >= 4 is 17.7 Å². The summed E-state index contributed by atoms with van der Waals surface area (Å²) in [6.07, 6.45) is 10.6. The summed E-state index contributed by atoms with van der Waals surface area (Å²) in [5.41, 5.74) is 4.31. The third kappa shape index (κ3) is 4.07. The van der Waals surface area contributed by atoms with Gasteiger partial charge in [0.15, 0.2) is 0 Å². The number of nitrogens with zero attached hydrogens (tertiary/aromatic N) is 2. The van der Waals surface area contributed by atoms with Crippen LogP contribution in [0, 0.1) is 11.3 Å². The zero-order valence-corrected chi connectivity index (χ0v) is 15.7. The number of rotatable bonds is 5. The van der Waals surface area contributed by atoms with Gasteiger partial charge in [-0.25, -0.2) is 4.98 Å². The Bertz CT molecular complexity index is 734. The second-order valence-electron chi connectivity index (χ2n) is 6.90. The highest BCUT2D eigenvalue weighted by Gasteiger charge is 2.28. The van der Waals surface area contributed by atoms with Gasteiger partial charge in [-0.2, -0.15) is 5.26 Å². The molecule has 0 aliphatic heterocycles. The number of thioether (sulfide) groups is 1. The van der Waals surface area contributed by atoms with Crippen molar-refractivity contribution < 1.29 is 9.53 Å². The standard InChI is InChI=1S/C20H24N2O2S/c1-13(2)24-18(23)12-25-20-16(11-21)19(14-7-4-3-5-8-14)15-9-6-10-17(15)22-20/h3-4,13-14H,5-10,12H2,1-2H3/t14-/m0/s1. The number of allylic oxidation sites excluding steroid dienone is 2. The Hall–Kier alpha value is -1.80. The van der Waals surface area contributed by atoms with Crippen molar-refractivity contribution in [3.8, 4) is 6.07 Å². The van der Waals surface area contributed by atoms with Gasteiger partial charge in [-0.15, -0.1) is 0 Å². The van der Waals surface area contributed by atoms with Crippen LogP contribution < -0.4 is 0 Å². The molecular weight excluding hydrogens is 332 g/mol. The number of carbonyl (C=O) groups excluding carboxylic acids is 1. The number of hydrogen-bond acceptors (Lipinski definition) is 5. The minimum atomic E-state index is -0.256. The van der Waals surface area contributed by atoms with Gasteiger partial charge < -0.3 is 4.74 Å². The molecule has 1 heterocycles. The van der Waals surface area contributed by atoms with Gasteiger partial charge in [0.05, 0.1) is 17.4 Å². The van der Waals surface area contributed by atoms with Crippen LogP contribution in [0.1, 0.15) is 67.8 Å². The van der Waals surface area contributed by atoms with E-state index < -0.39 is 0 Å². The smallest absolute Gasteiger partial charge is 0.316 e. The van der Waals surface area contributed by atoms with Crippen LogP contribution in [-0.4, -0.2) is 22.8 Å². The molecule has 132 valence electrons. The molecule has 0 bridgehead atoms. The molecule has 0 saturated heterocycles. The maximum atomic E-state index is 11.9. The van der Waals surface area contributed by atoms with Crippen molar-refractivity contribution in [2.24, 2.45) is 0 Å². The first-order chi connectivity index (χ1) is 12.1. The van der Waals surface area contributed by atoms with Crippen LogP contribution >= 0.6 is 11.8 Å². The molecule has 25 heavy (non-hydrogen) atoms. The molecule has 2 aliphatic carbocycles. The lowest BCUT2D eigenvalue weighted by atomic mass is 9.83. The SMILES string of the molecule is CC(C)OC(=O)CSc1nc2c(c([C@H]3CC=CCC3)c1C#N)CCC2. The third-order valence-electron chi connectivity index (χ3n) is 4.72. The van der Waals surface area contributed by atoms with Gasteiger partial charge in [-0.05, 0) is 69.4 Å². The summed E-state index contributed by atoms with van der Waals surface area (Å²) in [5.74, 6) is 0.340. The number of esters is 1. The average Bonchev–Trinajstić information content (AvgIpc) is 3.06. The van der Waals surface area contributed by atoms with Gasteiger partial charge in [0.25, 0.3) is 0 Å². The highest BCUT2D eigenvalue weighted by atomic mass is 32.2. The number of ether oxygens (including phenoxy) is 1. The van der Waals surface area contributed by atoms with Crippen LogP contribution in [-0.2, 0) is 22.4 Å². The molecule has 0 saturated carbocycles. The first kappa shape index (κ1) is 18.0. The van der Waals surface area contributed by atoms with E-state index in [4.69, 9.17) is 9.72 Å². The minimum absolute atomic E-state index is 0.124. The molecule has 1 atom stereocenters. The lowest BCUT2D eigenvalue weighted by molar-refractivity contribution is -0.144. The van der Waals surface area contributed by atoms with Gasteiger partial charge >= 0.3 is 5.97 Å². The van der Waals surface area contributed by atoms with Crippen LogP contribution in [0.3, 0.4) is 0 Å². The molecule has 5 heteroatoms. The van der Waals surface area contributed by atoms with Gasteiger partial charge in [0.2, 0.25) is 0 Å². The Morgan fingerprint density at radius 3 is 2.96 bits per heavy atom. The van der Waals surface area contributed by atoms with E-state index in [1.54, 1.807) is 0 Å². The zero-order chi connectivity index (χ0) is 17.8. The van der Waals surface area contributed by atoms with Crippen LogP contribution in [0.25, 0.3) is 0 Å². The van der Waals surface area contributed by atoms with Crippen LogP contribution in [0.5, 0.6) is 0 Å². The molecule has 4 nitrogen and oxygen atoms in total. The van der Waals surface area contributed by atoms with Gasteiger partial charge in [0.1, 0.15) is 11.1 Å². The second-order valence-corrected chi connectivity index (χ2v) is 7.87. The quantitative estimate of drug-likeness (QED) is 0.447. The largest absolute Gasteiger partial charge is 0.462 e. The van der Waals surface area contributed by atoms with Crippen molar-refractivity contribution in [2.75, 3.05) is 5.75 Å². The summed E-state index contributed by atoms with van der Waals surface area (Å²) >= 11 is 1.34. The molecule has 0 unspecified atom stereocenters. The molecular formula is C20H24N2O2S. The number of carbonyl (C=O) groups is 1. The average molecular weight is 356 g/mol.